The zero-order valence-corrected chi connectivity index (χ0v) is 22.9. The molecule has 3 atom stereocenters. The Morgan fingerprint density at radius 1 is 0.897 bits per heavy atom. The Kier molecular flexibility index (Phi) is 9.56. The number of alkyl carbamates (subject to hydrolysis) is 2. The fourth-order valence-electron chi connectivity index (χ4n) is 4.32. The number of amides is 2. The smallest absolute Gasteiger partial charge is 0.408 e. The second-order valence-corrected chi connectivity index (χ2v) is 10.5. The number of rotatable bonds is 10. The highest BCUT2D eigenvalue weighted by atomic mass is 16.6. The lowest BCUT2D eigenvalue weighted by Crippen LogP contribution is -2.49. The maximum atomic E-state index is 12.9. The number of hydrogen-bond acceptors (Lipinski definition) is 7. The van der Waals surface area contributed by atoms with E-state index < -0.39 is 48.4 Å². The average molecular weight is 541 g/mol. The summed E-state index contributed by atoms with van der Waals surface area (Å²) in [5.74, 6) is -2.72. The van der Waals surface area contributed by atoms with Crippen LogP contribution in [-0.2, 0) is 23.8 Å². The van der Waals surface area contributed by atoms with Gasteiger partial charge in [-0.15, -0.1) is 0 Å². The molecule has 0 spiro atoms. The van der Waals surface area contributed by atoms with Crippen LogP contribution in [0.2, 0.25) is 0 Å². The van der Waals surface area contributed by atoms with Gasteiger partial charge in [0.05, 0.1) is 0 Å². The van der Waals surface area contributed by atoms with Crippen molar-refractivity contribution in [1.29, 1.82) is 0 Å². The van der Waals surface area contributed by atoms with E-state index in [1.165, 1.54) is 0 Å². The Morgan fingerprint density at radius 3 is 1.97 bits per heavy atom. The summed E-state index contributed by atoms with van der Waals surface area (Å²) >= 11 is 0. The van der Waals surface area contributed by atoms with E-state index in [0.717, 1.165) is 22.3 Å². The van der Waals surface area contributed by atoms with Gasteiger partial charge in [-0.05, 0) is 48.9 Å². The lowest BCUT2D eigenvalue weighted by atomic mass is 9.98. The second-order valence-electron chi connectivity index (χ2n) is 10.5. The highest BCUT2D eigenvalue weighted by Gasteiger charge is 2.33. The van der Waals surface area contributed by atoms with E-state index in [-0.39, 0.29) is 18.4 Å². The molecule has 210 valence electrons. The number of carbonyl (C=O) groups excluding carboxylic acids is 3. The quantitative estimate of drug-likeness (QED) is 0.296. The first-order chi connectivity index (χ1) is 18.4. The molecule has 0 aliphatic heterocycles. The summed E-state index contributed by atoms with van der Waals surface area (Å²) < 4.78 is 15.8. The predicted octanol–water partition coefficient (Wildman–Crippen LogP) is 4.46. The molecular formula is C29H36N2O8. The SMILES string of the molecule is CC[C@H](C)[C@H](NC(=O)OCC1c2ccccc2-c2ccccc21)C(=O)OC[C@H](NC(=O)OC(C)(C)C)C(=O)O. The fraction of sp³-hybridized carbons (Fsp3) is 0.448. The number of aliphatic carboxylic acids is 1. The molecule has 2 amide bonds. The van der Waals surface area contributed by atoms with Crippen molar-refractivity contribution in [3.05, 3.63) is 59.7 Å². The van der Waals surface area contributed by atoms with Crippen LogP contribution in [0.4, 0.5) is 9.59 Å². The van der Waals surface area contributed by atoms with Gasteiger partial charge in [0.15, 0.2) is 6.04 Å². The summed E-state index contributed by atoms with van der Waals surface area (Å²) in [6.45, 7) is 7.92. The van der Waals surface area contributed by atoms with Crippen molar-refractivity contribution in [2.75, 3.05) is 13.2 Å². The average Bonchev–Trinajstić information content (AvgIpc) is 3.20. The van der Waals surface area contributed by atoms with E-state index in [2.05, 4.69) is 10.6 Å². The maximum Gasteiger partial charge on any atom is 0.408 e. The van der Waals surface area contributed by atoms with Crippen LogP contribution in [0.1, 0.15) is 58.1 Å². The summed E-state index contributed by atoms with van der Waals surface area (Å²) in [5, 5.41) is 14.2. The molecule has 39 heavy (non-hydrogen) atoms. The molecule has 0 bridgehead atoms. The standard InChI is InChI=1S/C29H36N2O8/c1-6-17(2)24(26(34)37-16-23(25(32)33)30-28(36)39-29(3,4)5)31-27(35)38-15-22-20-13-9-7-11-18(20)19-12-8-10-14-21(19)22/h7-14,17,22-24H,6,15-16H2,1-5H3,(H,30,36)(H,31,35)(H,32,33)/t17-,23-,24-/m0/s1. The van der Waals surface area contributed by atoms with Gasteiger partial charge in [0, 0.05) is 5.92 Å². The summed E-state index contributed by atoms with van der Waals surface area (Å²) in [6, 6.07) is 13.3. The van der Waals surface area contributed by atoms with Crippen LogP contribution in [0.15, 0.2) is 48.5 Å². The van der Waals surface area contributed by atoms with Crippen molar-refractivity contribution in [3.8, 4) is 11.1 Å². The second kappa shape index (κ2) is 12.6. The summed E-state index contributed by atoms with van der Waals surface area (Å²) in [6.07, 6.45) is -1.22. The van der Waals surface area contributed by atoms with Crippen LogP contribution in [-0.4, -0.2) is 60.1 Å². The zero-order valence-electron chi connectivity index (χ0n) is 22.9. The zero-order chi connectivity index (χ0) is 28.7. The normalized spacial score (nSPS) is 14.7. The van der Waals surface area contributed by atoms with Gasteiger partial charge >= 0.3 is 24.1 Å². The molecule has 3 rings (SSSR count). The highest BCUT2D eigenvalue weighted by Crippen LogP contribution is 2.44. The molecule has 1 aliphatic rings. The van der Waals surface area contributed by atoms with Crippen molar-refractivity contribution < 1.29 is 38.5 Å². The predicted molar refractivity (Wildman–Crippen MR) is 143 cm³/mol. The first-order valence-corrected chi connectivity index (χ1v) is 12.9. The molecular weight excluding hydrogens is 504 g/mol. The van der Waals surface area contributed by atoms with Crippen LogP contribution in [0.25, 0.3) is 11.1 Å². The molecule has 0 unspecified atom stereocenters. The van der Waals surface area contributed by atoms with Crippen LogP contribution in [0, 0.1) is 5.92 Å². The summed E-state index contributed by atoms with van der Waals surface area (Å²) in [4.78, 5) is 49.2. The Bertz CT molecular complexity index is 1160. The third-order valence-corrected chi connectivity index (χ3v) is 6.47. The van der Waals surface area contributed by atoms with Crippen LogP contribution >= 0.6 is 0 Å². The molecule has 1 aliphatic carbocycles. The van der Waals surface area contributed by atoms with E-state index in [9.17, 15) is 24.3 Å². The van der Waals surface area contributed by atoms with Crippen LogP contribution < -0.4 is 10.6 Å². The minimum absolute atomic E-state index is 0.0725. The first-order valence-electron chi connectivity index (χ1n) is 12.9. The number of carboxylic acid groups (broad SMARTS) is 1. The molecule has 0 aromatic heterocycles. The maximum absolute atomic E-state index is 12.9. The molecule has 2 aromatic rings. The third kappa shape index (κ3) is 7.72. The van der Waals surface area contributed by atoms with Gasteiger partial charge in [0.1, 0.15) is 24.9 Å². The van der Waals surface area contributed by atoms with E-state index in [1.54, 1.807) is 27.7 Å². The van der Waals surface area contributed by atoms with Gasteiger partial charge in [0.25, 0.3) is 0 Å². The minimum atomic E-state index is -1.53. The Morgan fingerprint density at radius 2 is 1.46 bits per heavy atom. The first kappa shape index (κ1) is 29.5. The van der Waals surface area contributed by atoms with Crippen molar-refractivity contribution in [1.82, 2.24) is 10.6 Å². The number of ether oxygens (including phenoxy) is 3. The Hall–Kier alpha value is -4.08. The monoisotopic (exact) mass is 540 g/mol. The summed E-state index contributed by atoms with van der Waals surface area (Å²) in [7, 11) is 0. The molecule has 0 fully saturated rings. The fourth-order valence-corrected chi connectivity index (χ4v) is 4.32. The number of nitrogens with one attached hydrogen (secondary N) is 2. The molecule has 2 aromatic carbocycles. The van der Waals surface area contributed by atoms with E-state index in [0.29, 0.717) is 6.42 Å². The topological polar surface area (TPSA) is 140 Å². The molecule has 0 saturated carbocycles. The van der Waals surface area contributed by atoms with Gasteiger partial charge in [-0.1, -0.05) is 68.8 Å². The van der Waals surface area contributed by atoms with E-state index in [4.69, 9.17) is 14.2 Å². The van der Waals surface area contributed by atoms with E-state index in [1.807, 2.05) is 55.5 Å². The molecule has 0 saturated heterocycles. The Labute approximate surface area is 228 Å². The minimum Gasteiger partial charge on any atom is -0.480 e. The number of benzene rings is 2. The number of carbonyl (C=O) groups is 4. The molecule has 3 N–H and O–H groups in total. The highest BCUT2D eigenvalue weighted by molar-refractivity contribution is 5.84. The third-order valence-electron chi connectivity index (χ3n) is 6.47. The largest absolute Gasteiger partial charge is 0.480 e. The van der Waals surface area contributed by atoms with Gasteiger partial charge in [0.2, 0.25) is 0 Å². The van der Waals surface area contributed by atoms with Crippen molar-refractivity contribution >= 4 is 24.1 Å². The van der Waals surface area contributed by atoms with Gasteiger partial charge < -0.3 is 30.0 Å². The molecule has 10 nitrogen and oxygen atoms in total. The van der Waals surface area contributed by atoms with Gasteiger partial charge in [-0.25, -0.2) is 19.2 Å². The number of hydrogen-bond donors (Lipinski definition) is 3. The molecule has 0 radical (unpaired) electrons. The number of fused-ring (bicyclic) bond motifs is 3. The Balaban J connectivity index is 1.61. The summed E-state index contributed by atoms with van der Waals surface area (Å²) in [5.41, 5.74) is 3.47. The van der Waals surface area contributed by atoms with Crippen molar-refractivity contribution in [3.63, 3.8) is 0 Å². The van der Waals surface area contributed by atoms with Crippen LogP contribution in [0.5, 0.6) is 0 Å². The lowest BCUT2D eigenvalue weighted by molar-refractivity contribution is -0.151. The number of esters is 1. The molecule has 10 heteroatoms. The van der Waals surface area contributed by atoms with Crippen LogP contribution in [0.3, 0.4) is 0 Å². The van der Waals surface area contributed by atoms with E-state index >= 15 is 0 Å². The van der Waals surface area contributed by atoms with Gasteiger partial charge in [-0.3, -0.25) is 0 Å². The van der Waals surface area contributed by atoms with Gasteiger partial charge in [-0.2, -0.15) is 0 Å². The van der Waals surface area contributed by atoms with Crippen molar-refractivity contribution in [2.45, 2.75) is 64.6 Å². The lowest BCUT2D eigenvalue weighted by Gasteiger charge is -2.24. The molecule has 0 heterocycles. The number of carboxylic acids is 1. The van der Waals surface area contributed by atoms with Crippen molar-refractivity contribution in [2.24, 2.45) is 5.92 Å².